The molecule has 1 aliphatic heterocycles. The molecule has 116 valence electrons. The second-order valence-electron chi connectivity index (χ2n) is 5.08. The number of rotatable bonds is 4. The summed E-state index contributed by atoms with van der Waals surface area (Å²) in [6, 6.07) is 4.56. The van der Waals surface area contributed by atoms with Gasteiger partial charge >= 0.3 is 6.36 Å². The van der Waals surface area contributed by atoms with E-state index in [4.69, 9.17) is 4.74 Å². The number of nitrogens with zero attached hydrogens (tertiary/aromatic N) is 1. The number of morpholine rings is 1. The minimum atomic E-state index is -4.69. The molecule has 1 saturated heterocycles. The SMILES string of the molecule is C=Cc1cc(CN2CCOC(C)C2)cc(OC(F)(F)F)c1. The van der Waals surface area contributed by atoms with E-state index < -0.39 is 6.36 Å². The molecule has 0 aromatic heterocycles. The Bertz CT molecular complexity index is 502. The highest BCUT2D eigenvalue weighted by Gasteiger charge is 2.31. The summed E-state index contributed by atoms with van der Waals surface area (Å²) < 4.78 is 46.5. The van der Waals surface area contributed by atoms with Crippen molar-refractivity contribution in [3.05, 3.63) is 35.9 Å². The predicted octanol–water partition coefficient (Wildman–Crippen LogP) is 3.45. The van der Waals surface area contributed by atoms with Gasteiger partial charge in [-0.3, -0.25) is 4.90 Å². The molecule has 6 heteroatoms. The Balaban J connectivity index is 2.14. The second-order valence-corrected chi connectivity index (χ2v) is 5.08. The molecule has 2 rings (SSSR count). The van der Waals surface area contributed by atoms with E-state index in [1.165, 1.54) is 18.2 Å². The van der Waals surface area contributed by atoms with E-state index in [0.29, 0.717) is 18.7 Å². The first-order valence-electron chi connectivity index (χ1n) is 6.72. The highest BCUT2D eigenvalue weighted by molar-refractivity contribution is 5.51. The van der Waals surface area contributed by atoms with Gasteiger partial charge in [-0.05, 0) is 30.2 Å². The molecule has 0 amide bonds. The van der Waals surface area contributed by atoms with Gasteiger partial charge in [-0.15, -0.1) is 13.2 Å². The Morgan fingerprint density at radius 2 is 2.19 bits per heavy atom. The lowest BCUT2D eigenvalue weighted by atomic mass is 10.1. The smallest absolute Gasteiger partial charge is 0.406 e. The van der Waals surface area contributed by atoms with Gasteiger partial charge in [0.25, 0.3) is 0 Å². The third kappa shape index (κ3) is 5.06. The van der Waals surface area contributed by atoms with E-state index in [9.17, 15) is 13.2 Å². The minimum Gasteiger partial charge on any atom is -0.406 e. The van der Waals surface area contributed by atoms with Crippen molar-refractivity contribution in [2.24, 2.45) is 0 Å². The van der Waals surface area contributed by atoms with Crippen molar-refractivity contribution in [1.29, 1.82) is 0 Å². The van der Waals surface area contributed by atoms with Crippen LogP contribution in [-0.2, 0) is 11.3 Å². The van der Waals surface area contributed by atoms with Gasteiger partial charge in [-0.25, -0.2) is 0 Å². The third-order valence-electron chi connectivity index (χ3n) is 3.19. The van der Waals surface area contributed by atoms with Crippen LogP contribution >= 0.6 is 0 Å². The fourth-order valence-electron chi connectivity index (χ4n) is 2.38. The Labute approximate surface area is 122 Å². The van der Waals surface area contributed by atoms with Crippen LogP contribution in [0.1, 0.15) is 18.1 Å². The van der Waals surface area contributed by atoms with E-state index in [0.717, 1.165) is 18.7 Å². The molecule has 0 spiro atoms. The van der Waals surface area contributed by atoms with E-state index in [1.54, 1.807) is 0 Å². The van der Waals surface area contributed by atoms with Gasteiger partial charge in [0, 0.05) is 19.6 Å². The van der Waals surface area contributed by atoms with Crippen molar-refractivity contribution in [2.75, 3.05) is 19.7 Å². The number of hydrogen-bond acceptors (Lipinski definition) is 3. The summed E-state index contributed by atoms with van der Waals surface area (Å²) in [6.07, 6.45) is -3.05. The average molecular weight is 301 g/mol. The van der Waals surface area contributed by atoms with E-state index >= 15 is 0 Å². The van der Waals surface area contributed by atoms with Crippen molar-refractivity contribution >= 4 is 6.08 Å². The average Bonchev–Trinajstić information content (AvgIpc) is 2.36. The number of hydrogen-bond donors (Lipinski definition) is 0. The zero-order valence-corrected chi connectivity index (χ0v) is 11.8. The zero-order chi connectivity index (χ0) is 15.5. The van der Waals surface area contributed by atoms with Crippen LogP contribution in [0.3, 0.4) is 0 Å². The van der Waals surface area contributed by atoms with Gasteiger partial charge in [0.2, 0.25) is 0 Å². The summed E-state index contributed by atoms with van der Waals surface area (Å²) in [7, 11) is 0. The van der Waals surface area contributed by atoms with E-state index in [1.807, 2.05) is 13.0 Å². The number of ether oxygens (including phenoxy) is 2. The lowest BCUT2D eigenvalue weighted by molar-refractivity contribution is -0.274. The molecular weight excluding hydrogens is 283 g/mol. The van der Waals surface area contributed by atoms with Crippen LogP contribution in [0.5, 0.6) is 5.75 Å². The molecule has 21 heavy (non-hydrogen) atoms. The van der Waals surface area contributed by atoms with Gasteiger partial charge in [0.1, 0.15) is 5.75 Å². The Kier molecular flexibility index (Phi) is 4.90. The quantitative estimate of drug-likeness (QED) is 0.850. The fourth-order valence-corrected chi connectivity index (χ4v) is 2.38. The van der Waals surface area contributed by atoms with Crippen LogP contribution in [0.2, 0.25) is 0 Å². The van der Waals surface area contributed by atoms with Gasteiger partial charge < -0.3 is 9.47 Å². The number of halogens is 3. The monoisotopic (exact) mass is 301 g/mol. The molecule has 1 unspecified atom stereocenters. The van der Waals surface area contributed by atoms with Crippen LogP contribution in [0.15, 0.2) is 24.8 Å². The normalized spacial score (nSPS) is 20.3. The van der Waals surface area contributed by atoms with Crippen LogP contribution in [-0.4, -0.2) is 37.1 Å². The molecule has 0 aliphatic carbocycles. The summed E-state index contributed by atoms with van der Waals surface area (Å²) in [6.45, 7) is 8.29. The molecule has 1 fully saturated rings. The van der Waals surface area contributed by atoms with Crippen molar-refractivity contribution < 1.29 is 22.6 Å². The molecule has 3 nitrogen and oxygen atoms in total. The Morgan fingerprint density at radius 1 is 1.43 bits per heavy atom. The molecule has 1 aromatic carbocycles. The predicted molar refractivity (Wildman–Crippen MR) is 73.9 cm³/mol. The standard InChI is InChI=1S/C15H18F3NO2/c1-3-12-6-13(8-14(7-12)21-15(16,17)18)10-19-4-5-20-11(2)9-19/h3,6-8,11H,1,4-5,9-10H2,2H3. The minimum absolute atomic E-state index is 0.132. The first kappa shape index (κ1) is 15.9. The van der Waals surface area contributed by atoms with Gasteiger partial charge in [-0.1, -0.05) is 18.7 Å². The zero-order valence-electron chi connectivity index (χ0n) is 11.8. The number of benzene rings is 1. The maximum atomic E-state index is 12.3. The van der Waals surface area contributed by atoms with Crippen molar-refractivity contribution in [2.45, 2.75) is 25.9 Å². The Morgan fingerprint density at radius 3 is 2.81 bits per heavy atom. The van der Waals surface area contributed by atoms with Crippen LogP contribution in [0, 0.1) is 0 Å². The lowest BCUT2D eigenvalue weighted by Gasteiger charge is -2.31. The molecule has 0 saturated carbocycles. The van der Waals surface area contributed by atoms with Crippen LogP contribution in [0.25, 0.3) is 6.08 Å². The molecule has 1 heterocycles. The maximum absolute atomic E-state index is 12.3. The fraction of sp³-hybridized carbons (Fsp3) is 0.467. The third-order valence-corrected chi connectivity index (χ3v) is 3.19. The molecular formula is C15H18F3NO2. The summed E-state index contributed by atoms with van der Waals surface area (Å²) in [5.74, 6) is -0.212. The van der Waals surface area contributed by atoms with Crippen molar-refractivity contribution in [3.63, 3.8) is 0 Å². The van der Waals surface area contributed by atoms with Crippen molar-refractivity contribution in [3.8, 4) is 5.75 Å². The maximum Gasteiger partial charge on any atom is 0.573 e. The summed E-state index contributed by atoms with van der Waals surface area (Å²) in [5, 5.41) is 0. The largest absolute Gasteiger partial charge is 0.573 e. The highest BCUT2D eigenvalue weighted by Crippen LogP contribution is 2.26. The van der Waals surface area contributed by atoms with E-state index in [2.05, 4.69) is 16.2 Å². The Hall–Kier alpha value is -1.53. The van der Waals surface area contributed by atoms with Crippen LogP contribution in [0.4, 0.5) is 13.2 Å². The van der Waals surface area contributed by atoms with Gasteiger partial charge in [0.15, 0.2) is 0 Å². The first-order valence-corrected chi connectivity index (χ1v) is 6.72. The lowest BCUT2D eigenvalue weighted by Crippen LogP contribution is -2.40. The topological polar surface area (TPSA) is 21.7 Å². The molecule has 1 aromatic rings. The van der Waals surface area contributed by atoms with Crippen molar-refractivity contribution in [1.82, 2.24) is 4.90 Å². The molecule has 0 N–H and O–H groups in total. The van der Waals surface area contributed by atoms with Gasteiger partial charge in [-0.2, -0.15) is 0 Å². The molecule has 0 bridgehead atoms. The molecule has 1 aliphatic rings. The molecule has 0 radical (unpaired) electrons. The summed E-state index contributed by atoms with van der Waals surface area (Å²) in [5.41, 5.74) is 1.37. The summed E-state index contributed by atoms with van der Waals surface area (Å²) in [4.78, 5) is 2.15. The molecule has 1 atom stereocenters. The van der Waals surface area contributed by atoms with Crippen LogP contribution < -0.4 is 4.74 Å². The van der Waals surface area contributed by atoms with E-state index in [-0.39, 0.29) is 11.9 Å². The second kappa shape index (κ2) is 6.49. The number of alkyl halides is 3. The summed E-state index contributed by atoms with van der Waals surface area (Å²) >= 11 is 0. The first-order chi connectivity index (χ1) is 9.85. The van der Waals surface area contributed by atoms with Gasteiger partial charge in [0.05, 0.1) is 12.7 Å². The highest BCUT2D eigenvalue weighted by atomic mass is 19.4.